The van der Waals surface area contributed by atoms with Crippen molar-refractivity contribution in [2.45, 2.75) is 220 Å². The predicted octanol–water partition coefficient (Wildman–Crippen LogP) is 19.9. The van der Waals surface area contributed by atoms with Crippen LogP contribution in [-0.4, -0.2) is 50.4 Å². The highest BCUT2D eigenvalue weighted by Gasteiger charge is 2.41. The van der Waals surface area contributed by atoms with Crippen LogP contribution in [0.15, 0.2) is 36.4 Å². The molecule has 5 rings (SSSR count). The number of unbranched alkanes of at least 4 members (excludes halogenated alkanes) is 6. The topological polar surface area (TPSA) is 36.9 Å². The summed E-state index contributed by atoms with van der Waals surface area (Å²) < 4.78 is 30.1. The van der Waals surface area contributed by atoms with E-state index in [4.69, 9.17) is 16.5 Å². The van der Waals surface area contributed by atoms with Gasteiger partial charge in [-0.3, -0.25) is 0 Å². The third-order valence-corrected chi connectivity index (χ3v) is 36.2. The van der Waals surface area contributed by atoms with Crippen LogP contribution in [0.25, 0.3) is 41.1 Å². The molecule has 0 bridgehead atoms. The Morgan fingerprint density at radius 3 is 0.985 bits per heavy atom. The molecule has 370 valence electrons. The number of rotatable bonds is 24. The van der Waals surface area contributed by atoms with Crippen LogP contribution in [0.1, 0.15) is 112 Å². The largest absolute Gasteiger partial charge is 0.437 e. The van der Waals surface area contributed by atoms with Crippen molar-refractivity contribution in [1.82, 2.24) is 0 Å². The van der Waals surface area contributed by atoms with Crippen LogP contribution < -0.4 is 0 Å². The molecule has 0 amide bonds. The first-order chi connectivity index (χ1) is 30.1. The zero-order valence-corrected chi connectivity index (χ0v) is 54.5. The second-order valence-electron chi connectivity index (χ2n) is 25.4. The van der Waals surface area contributed by atoms with E-state index < -0.39 is 50.4 Å². The van der Waals surface area contributed by atoms with Crippen LogP contribution in [0.5, 0.6) is 0 Å². The van der Waals surface area contributed by atoms with Crippen molar-refractivity contribution in [2.75, 3.05) is 0 Å². The first-order valence-electron chi connectivity index (χ1n) is 25.2. The van der Waals surface area contributed by atoms with Crippen molar-refractivity contribution in [3.05, 3.63) is 55.9 Å². The lowest BCUT2D eigenvalue weighted by Gasteiger charge is -2.38. The van der Waals surface area contributed by atoms with E-state index in [2.05, 4.69) is 170 Å². The highest BCUT2D eigenvalue weighted by molar-refractivity contribution is 7.24. The lowest BCUT2D eigenvalue weighted by atomic mass is 9.92. The van der Waals surface area contributed by atoms with Crippen LogP contribution in [0.4, 0.5) is 0 Å². The molecule has 66 heavy (non-hydrogen) atoms. The minimum atomic E-state index is -2.17. The van der Waals surface area contributed by atoms with Gasteiger partial charge in [-0.1, -0.05) is 80.1 Å². The first-order valence-corrected chi connectivity index (χ1v) is 47.1. The summed E-state index contributed by atoms with van der Waals surface area (Å²) in [7, 11) is -11.0. The lowest BCUT2D eigenvalue weighted by molar-refractivity contribution is 0.378. The van der Waals surface area contributed by atoms with Crippen LogP contribution in [-0.2, 0) is 40.1 Å². The van der Waals surface area contributed by atoms with E-state index >= 15 is 0 Å². The molecule has 0 aliphatic heterocycles. The van der Waals surface area contributed by atoms with Crippen molar-refractivity contribution < 1.29 is 16.5 Å². The maximum Gasteiger partial charge on any atom is 0.314 e. The third kappa shape index (κ3) is 16.9. The molecule has 14 heteroatoms. The van der Waals surface area contributed by atoms with E-state index in [0.29, 0.717) is 0 Å². The summed E-state index contributed by atoms with van der Waals surface area (Å²) in [5.41, 5.74) is 3.07. The summed E-state index contributed by atoms with van der Waals surface area (Å²) in [6.45, 7) is 46.7. The van der Waals surface area contributed by atoms with E-state index in [1.54, 1.807) is 0 Å². The first kappa shape index (κ1) is 56.6. The van der Waals surface area contributed by atoms with E-state index in [1.165, 1.54) is 112 Å². The van der Waals surface area contributed by atoms with Gasteiger partial charge in [0.25, 0.3) is 0 Å². The molecule has 0 aliphatic carbocycles. The molecule has 0 spiro atoms. The lowest BCUT2D eigenvalue weighted by Crippen LogP contribution is -2.52. The monoisotopic (exact) mass is 1070 g/mol. The second-order valence-corrected chi connectivity index (χ2v) is 55.6. The van der Waals surface area contributed by atoms with Crippen molar-refractivity contribution in [3.63, 3.8) is 0 Å². The van der Waals surface area contributed by atoms with Crippen molar-refractivity contribution in [1.29, 1.82) is 0 Å². The highest BCUT2D eigenvalue weighted by Crippen LogP contribution is 2.54. The summed E-state index contributed by atoms with van der Waals surface area (Å²) >= 11 is 8.15. The van der Waals surface area contributed by atoms with Gasteiger partial charge < -0.3 is 16.5 Å². The van der Waals surface area contributed by atoms with Gasteiger partial charge in [0.15, 0.2) is 33.3 Å². The highest BCUT2D eigenvalue weighted by atomic mass is 32.1. The molecule has 5 aromatic rings. The van der Waals surface area contributed by atoms with Gasteiger partial charge in [-0.2, -0.15) is 0 Å². The zero-order chi connectivity index (χ0) is 49.3. The Kier molecular flexibility index (Phi) is 18.7. The Balaban J connectivity index is 1.35. The van der Waals surface area contributed by atoms with Gasteiger partial charge in [0.05, 0.1) is 0 Å². The molecule has 4 aromatic heterocycles. The summed E-state index contributed by atoms with van der Waals surface area (Å²) in [4.78, 5) is 8.81. The van der Waals surface area contributed by atoms with Gasteiger partial charge in [0.1, 0.15) is 0 Å². The van der Waals surface area contributed by atoms with Crippen LogP contribution in [0.3, 0.4) is 0 Å². The zero-order valence-electron chi connectivity index (χ0n) is 45.2. The molecule has 4 nitrogen and oxygen atoms in total. The Labute approximate surface area is 426 Å². The van der Waals surface area contributed by atoms with Gasteiger partial charge in [-0.05, 0) is 177 Å². The molecule has 0 radical (unpaired) electrons. The van der Waals surface area contributed by atoms with Crippen LogP contribution >= 0.6 is 45.3 Å². The molecule has 0 saturated carbocycles. The van der Waals surface area contributed by atoms with Gasteiger partial charge >= 0.3 is 17.1 Å². The average Bonchev–Trinajstić information content (AvgIpc) is 3.93. The standard InChI is InChI=1S/C52H90O4S4Si6/c1-51(2,3)45-37-41-47(43-33-31-39(57-43)29-25-21-23-27-35-65(19,53-61(7,8)9)54-62(10,11)12)50-42(38-46(60-50)52(4,5)6)48(49(41)59-45)44-34-32-40(58-44)30-26-22-24-28-36-66(20,55-63(13,14)15)56-64(16,17)18/h31-34,37-38H,21-30,35-36H2,1-20H3. The van der Waals surface area contributed by atoms with Crippen LogP contribution in [0.2, 0.25) is 104 Å². The Morgan fingerprint density at radius 2 is 0.697 bits per heavy atom. The molecular weight excluding hydrogens is 985 g/mol. The van der Waals surface area contributed by atoms with E-state index in [-0.39, 0.29) is 10.8 Å². The fraction of sp³-hybridized carbons (Fsp3) is 0.654. The number of hydrogen-bond acceptors (Lipinski definition) is 8. The average molecular weight is 1080 g/mol. The number of benzene rings is 1. The Morgan fingerprint density at radius 1 is 0.394 bits per heavy atom. The Hall–Kier alpha value is -0.319. The number of aryl methyl sites for hydroxylation is 2. The van der Waals surface area contributed by atoms with Crippen molar-refractivity contribution in [2.24, 2.45) is 0 Å². The normalized spacial score (nSPS) is 14.1. The molecule has 0 unspecified atom stereocenters. The molecule has 1 aromatic carbocycles. The summed E-state index contributed by atoms with van der Waals surface area (Å²) in [5.74, 6) is 0. The predicted molar refractivity (Wildman–Crippen MR) is 316 cm³/mol. The van der Waals surface area contributed by atoms with Gasteiger partial charge in [0.2, 0.25) is 0 Å². The molecule has 0 aliphatic rings. The molecular formula is C52H90O4S4Si6. The summed E-state index contributed by atoms with van der Waals surface area (Å²) in [5, 5.41) is 2.89. The molecule has 0 atom stereocenters. The SMILES string of the molecule is CC(C)(C)c1cc2c(-c3ccc(CCCCCC[Si](C)(O[Si](C)(C)C)O[Si](C)(C)C)s3)c3sc(C(C)(C)C)cc3c(-c3ccc(CCCCCC[Si](C)(O[Si](C)(C)C)O[Si](C)(C)C)s3)c2s1. The van der Waals surface area contributed by atoms with Crippen molar-refractivity contribution >= 4 is 116 Å². The molecule has 4 heterocycles. The fourth-order valence-corrected chi connectivity index (χ4v) is 39.5. The quantitative estimate of drug-likeness (QED) is 0.0456. The smallest absolute Gasteiger partial charge is 0.314 e. The maximum absolute atomic E-state index is 6.80. The number of thiophene rings is 4. The maximum atomic E-state index is 6.80. The minimum absolute atomic E-state index is 0.0759. The summed E-state index contributed by atoms with van der Waals surface area (Å²) in [6.07, 6.45) is 12.2. The molecule has 0 saturated heterocycles. The minimum Gasteiger partial charge on any atom is -0.437 e. The van der Waals surface area contributed by atoms with Gasteiger partial charge in [0, 0.05) is 60.6 Å². The number of fused-ring (bicyclic) bond motifs is 2. The second kappa shape index (κ2) is 21.8. The van der Waals surface area contributed by atoms with E-state index in [0.717, 1.165) is 24.9 Å². The van der Waals surface area contributed by atoms with Crippen molar-refractivity contribution in [3.8, 4) is 20.9 Å². The third-order valence-electron chi connectivity index (χ3n) is 11.4. The van der Waals surface area contributed by atoms with Gasteiger partial charge in [-0.25, -0.2) is 0 Å². The van der Waals surface area contributed by atoms with Crippen LogP contribution in [0, 0.1) is 0 Å². The summed E-state index contributed by atoms with van der Waals surface area (Å²) in [6, 6.07) is 17.1. The van der Waals surface area contributed by atoms with Gasteiger partial charge in [-0.15, -0.1) is 45.3 Å². The fourth-order valence-electron chi connectivity index (χ4n) is 9.33. The Bertz CT molecular complexity index is 2100. The van der Waals surface area contributed by atoms with E-state index in [9.17, 15) is 0 Å². The molecule has 0 fully saturated rings. The van der Waals surface area contributed by atoms with E-state index in [1.807, 2.05) is 45.3 Å². The number of hydrogen-bond donors (Lipinski definition) is 0. The molecule has 0 N–H and O–H groups in total.